The van der Waals surface area contributed by atoms with Crippen LogP contribution in [0, 0.1) is 6.92 Å². The monoisotopic (exact) mass is 262 g/mol. The molecule has 1 atom stereocenters. The number of nitrogens with zero attached hydrogens (tertiary/aromatic N) is 2. The summed E-state index contributed by atoms with van der Waals surface area (Å²) in [5.41, 5.74) is 3.30. The first-order valence-corrected chi connectivity index (χ1v) is 6.53. The Bertz CT molecular complexity index is 574. The number of benzene rings is 1. The SMILES string of the molecule is Cc1ccc(-c2nc(Cl)c3n2CC(O)CC3)cc1. The lowest BCUT2D eigenvalue weighted by atomic mass is 10.1. The molecule has 1 aliphatic rings. The number of aliphatic hydroxyl groups is 1. The maximum atomic E-state index is 9.79. The van der Waals surface area contributed by atoms with Crippen LogP contribution in [0.25, 0.3) is 11.4 Å². The number of fused-ring (bicyclic) bond motifs is 1. The molecule has 94 valence electrons. The number of halogens is 1. The lowest BCUT2D eigenvalue weighted by Gasteiger charge is -2.21. The molecule has 0 bridgehead atoms. The summed E-state index contributed by atoms with van der Waals surface area (Å²) in [6.45, 7) is 2.64. The normalized spacial score (nSPS) is 18.7. The Balaban J connectivity index is 2.10. The summed E-state index contributed by atoms with van der Waals surface area (Å²) in [5.74, 6) is 0.855. The molecule has 1 aromatic heterocycles. The molecule has 0 fully saturated rings. The quantitative estimate of drug-likeness (QED) is 0.858. The maximum Gasteiger partial charge on any atom is 0.150 e. The summed E-state index contributed by atoms with van der Waals surface area (Å²) in [5, 5.41) is 10.4. The molecule has 0 aliphatic carbocycles. The van der Waals surface area contributed by atoms with Crippen molar-refractivity contribution in [2.45, 2.75) is 32.4 Å². The van der Waals surface area contributed by atoms with Crippen LogP contribution in [-0.2, 0) is 13.0 Å². The van der Waals surface area contributed by atoms with Crippen LogP contribution >= 0.6 is 11.6 Å². The molecule has 0 saturated heterocycles. The summed E-state index contributed by atoms with van der Waals surface area (Å²) in [7, 11) is 0. The minimum Gasteiger partial charge on any atom is -0.391 e. The molecule has 3 nitrogen and oxygen atoms in total. The van der Waals surface area contributed by atoms with Crippen LogP contribution in [-0.4, -0.2) is 20.8 Å². The van der Waals surface area contributed by atoms with Crippen molar-refractivity contribution in [1.29, 1.82) is 0 Å². The molecular formula is C14H15ClN2O. The van der Waals surface area contributed by atoms with Gasteiger partial charge in [0.15, 0.2) is 5.15 Å². The molecule has 2 heterocycles. The van der Waals surface area contributed by atoms with Crippen molar-refractivity contribution in [1.82, 2.24) is 9.55 Å². The average molecular weight is 263 g/mol. The largest absolute Gasteiger partial charge is 0.391 e. The Morgan fingerprint density at radius 2 is 2.06 bits per heavy atom. The van der Waals surface area contributed by atoms with E-state index >= 15 is 0 Å². The van der Waals surface area contributed by atoms with Crippen molar-refractivity contribution < 1.29 is 5.11 Å². The third-order valence-corrected chi connectivity index (χ3v) is 3.74. The van der Waals surface area contributed by atoms with E-state index in [0.29, 0.717) is 11.7 Å². The van der Waals surface area contributed by atoms with Gasteiger partial charge in [-0.05, 0) is 19.8 Å². The van der Waals surface area contributed by atoms with E-state index < -0.39 is 0 Å². The number of hydrogen-bond acceptors (Lipinski definition) is 2. The number of aryl methyl sites for hydroxylation is 1. The van der Waals surface area contributed by atoms with Crippen LogP contribution < -0.4 is 0 Å². The van der Waals surface area contributed by atoms with E-state index in [9.17, 15) is 5.11 Å². The summed E-state index contributed by atoms with van der Waals surface area (Å²) < 4.78 is 2.04. The third-order valence-electron chi connectivity index (χ3n) is 3.44. The second-order valence-corrected chi connectivity index (χ2v) is 5.20. The van der Waals surface area contributed by atoms with Crippen molar-refractivity contribution in [3.05, 3.63) is 40.7 Å². The number of aromatic nitrogens is 2. The summed E-state index contributed by atoms with van der Waals surface area (Å²) in [6.07, 6.45) is 1.25. The lowest BCUT2D eigenvalue weighted by Crippen LogP contribution is -2.24. The minimum atomic E-state index is -0.299. The fraction of sp³-hybridized carbons (Fsp3) is 0.357. The van der Waals surface area contributed by atoms with E-state index in [0.717, 1.165) is 29.9 Å². The second-order valence-electron chi connectivity index (χ2n) is 4.84. The van der Waals surface area contributed by atoms with Gasteiger partial charge >= 0.3 is 0 Å². The van der Waals surface area contributed by atoms with Gasteiger partial charge in [0.25, 0.3) is 0 Å². The van der Waals surface area contributed by atoms with Gasteiger partial charge in [-0.1, -0.05) is 41.4 Å². The fourth-order valence-electron chi connectivity index (χ4n) is 2.42. The Labute approximate surface area is 111 Å². The van der Waals surface area contributed by atoms with Crippen molar-refractivity contribution >= 4 is 11.6 Å². The zero-order valence-corrected chi connectivity index (χ0v) is 11.0. The molecule has 0 amide bonds. The predicted octanol–water partition coefficient (Wildman–Crippen LogP) is 2.82. The van der Waals surface area contributed by atoms with E-state index in [1.165, 1.54) is 5.56 Å². The first-order chi connectivity index (χ1) is 8.65. The highest BCUT2D eigenvalue weighted by Gasteiger charge is 2.23. The topological polar surface area (TPSA) is 38.0 Å². The molecule has 18 heavy (non-hydrogen) atoms. The third kappa shape index (κ3) is 1.93. The van der Waals surface area contributed by atoms with Crippen LogP contribution in [0.2, 0.25) is 5.15 Å². The van der Waals surface area contributed by atoms with Crippen LogP contribution in [0.1, 0.15) is 17.7 Å². The Kier molecular flexibility index (Phi) is 2.88. The number of rotatable bonds is 1. The highest BCUT2D eigenvalue weighted by molar-refractivity contribution is 6.30. The molecular weight excluding hydrogens is 248 g/mol. The highest BCUT2D eigenvalue weighted by Crippen LogP contribution is 2.30. The van der Waals surface area contributed by atoms with Gasteiger partial charge in [-0.15, -0.1) is 0 Å². The maximum absolute atomic E-state index is 9.79. The number of aliphatic hydroxyl groups excluding tert-OH is 1. The molecule has 0 spiro atoms. The van der Waals surface area contributed by atoms with Gasteiger partial charge in [-0.25, -0.2) is 4.98 Å². The number of hydrogen-bond donors (Lipinski definition) is 1. The van der Waals surface area contributed by atoms with Gasteiger partial charge in [-0.3, -0.25) is 0 Å². The first kappa shape index (κ1) is 11.8. The Hall–Kier alpha value is -1.32. The molecule has 1 unspecified atom stereocenters. The van der Waals surface area contributed by atoms with Crippen LogP contribution in [0.4, 0.5) is 0 Å². The van der Waals surface area contributed by atoms with Crippen molar-refractivity contribution in [3.8, 4) is 11.4 Å². The van der Waals surface area contributed by atoms with E-state index in [2.05, 4.69) is 24.0 Å². The highest BCUT2D eigenvalue weighted by atomic mass is 35.5. The zero-order valence-electron chi connectivity index (χ0n) is 10.2. The van der Waals surface area contributed by atoms with Gasteiger partial charge < -0.3 is 9.67 Å². The van der Waals surface area contributed by atoms with E-state index in [4.69, 9.17) is 11.6 Å². The molecule has 1 aliphatic heterocycles. The molecule has 2 aromatic rings. The molecule has 1 aromatic carbocycles. The van der Waals surface area contributed by atoms with Crippen molar-refractivity contribution in [2.75, 3.05) is 0 Å². The summed E-state index contributed by atoms with van der Waals surface area (Å²) >= 11 is 6.18. The second kappa shape index (κ2) is 4.41. The minimum absolute atomic E-state index is 0.299. The summed E-state index contributed by atoms with van der Waals surface area (Å²) in [4.78, 5) is 4.44. The standard InChI is InChI=1S/C14H15ClN2O/c1-9-2-4-10(5-3-9)14-16-13(15)12-7-6-11(18)8-17(12)14/h2-5,11,18H,6-8H2,1H3. The average Bonchev–Trinajstić information content (AvgIpc) is 2.67. The van der Waals surface area contributed by atoms with Crippen LogP contribution in [0.15, 0.2) is 24.3 Å². The van der Waals surface area contributed by atoms with Crippen LogP contribution in [0.5, 0.6) is 0 Å². The predicted molar refractivity (Wildman–Crippen MR) is 71.7 cm³/mol. The van der Waals surface area contributed by atoms with Gasteiger partial charge in [0.05, 0.1) is 18.3 Å². The molecule has 3 rings (SSSR count). The van der Waals surface area contributed by atoms with Crippen molar-refractivity contribution in [2.24, 2.45) is 0 Å². The zero-order chi connectivity index (χ0) is 12.7. The van der Waals surface area contributed by atoms with E-state index in [1.54, 1.807) is 0 Å². The smallest absolute Gasteiger partial charge is 0.150 e. The molecule has 0 saturated carbocycles. The Morgan fingerprint density at radius 1 is 1.33 bits per heavy atom. The molecule has 0 radical (unpaired) electrons. The van der Waals surface area contributed by atoms with Gasteiger partial charge in [0, 0.05) is 5.56 Å². The van der Waals surface area contributed by atoms with Crippen LogP contribution in [0.3, 0.4) is 0 Å². The van der Waals surface area contributed by atoms with Gasteiger partial charge in [0.1, 0.15) is 5.82 Å². The Morgan fingerprint density at radius 3 is 2.78 bits per heavy atom. The number of imidazole rings is 1. The first-order valence-electron chi connectivity index (χ1n) is 6.15. The molecule has 4 heteroatoms. The van der Waals surface area contributed by atoms with Crippen molar-refractivity contribution in [3.63, 3.8) is 0 Å². The fourth-order valence-corrected chi connectivity index (χ4v) is 2.70. The molecule has 1 N–H and O–H groups in total. The van der Waals surface area contributed by atoms with E-state index in [1.807, 2.05) is 16.7 Å². The summed E-state index contributed by atoms with van der Waals surface area (Å²) in [6, 6.07) is 8.21. The van der Waals surface area contributed by atoms with Gasteiger partial charge in [0.2, 0.25) is 0 Å². The van der Waals surface area contributed by atoms with Gasteiger partial charge in [-0.2, -0.15) is 0 Å². The lowest BCUT2D eigenvalue weighted by molar-refractivity contribution is 0.132. The van der Waals surface area contributed by atoms with E-state index in [-0.39, 0.29) is 6.10 Å².